The average Bonchev–Trinajstić information content (AvgIpc) is 2.54. The number of esters is 1. The third kappa shape index (κ3) is 3.74. The number of piperidine rings is 1. The van der Waals surface area contributed by atoms with Crippen LogP contribution in [0.15, 0.2) is 18.2 Å². The van der Waals surface area contributed by atoms with Gasteiger partial charge in [0, 0.05) is 18.7 Å². The van der Waals surface area contributed by atoms with Crippen LogP contribution in [0, 0.1) is 0 Å². The van der Waals surface area contributed by atoms with Crippen LogP contribution in [0.1, 0.15) is 30.4 Å². The van der Waals surface area contributed by atoms with Crippen LogP contribution < -0.4 is 10.5 Å². The van der Waals surface area contributed by atoms with E-state index >= 15 is 0 Å². The van der Waals surface area contributed by atoms with Gasteiger partial charge in [-0.15, -0.1) is 0 Å². The molecule has 0 amide bonds. The van der Waals surface area contributed by atoms with Gasteiger partial charge in [-0.05, 0) is 37.1 Å². The fraction of sp³-hybridized carbons (Fsp3) is 0.562. The molecule has 0 saturated carbocycles. The van der Waals surface area contributed by atoms with E-state index in [9.17, 15) is 4.79 Å². The van der Waals surface area contributed by atoms with Gasteiger partial charge in [0.25, 0.3) is 0 Å². The predicted molar refractivity (Wildman–Crippen MR) is 81.0 cm³/mol. The maximum absolute atomic E-state index is 11.9. The Hall–Kier alpha value is -1.59. The number of benzene rings is 1. The summed E-state index contributed by atoms with van der Waals surface area (Å²) < 4.78 is 10.4. The van der Waals surface area contributed by atoms with Gasteiger partial charge in [-0.1, -0.05) is 12.5 Å². The number of hydrogen-bond acceptors (Lipinski definition) is 5. The Morgan fingerprint density at radius 3 is 2.86 bits per heavy atom. The van der Waals surface area contributed by atoms with Crippen molar-refractivity contribution >= 4 is 5.97 Å². The number of carbonyl (C=O) groups excluding carboxylic acids is 1. The molecular formula is C16H24N2O3. The lowest BCUT2D eigenvalue weighted by atomic mass is 10.0. The zero-order valence-electron chi connectivity index (χ0n) is 12.8. The molecule has 116 valence electrons. The van der Waals surface area contributed by atoms with Gasteiger partial charge in [0.1, 0.15) is 11.8 Å². The van der Waals surface area contributed by atoms with E-state index in [0.717, 1.165) is 42.7 Å². The molecule has 21 heavy (non-hydrogen) atoms. The number of ether oxygens (including phenoxy) is 2. The Morgan fingerprint density at radius 1 is 1.38 bits per heavy atom. The number of methoxy groups -OCH3 is 2. The van der Waals surface area contributed by atoms with Crippen molar-refractivity contribution < 1.29 is 14.3 Å². The first-order valence-electron chi connectivity index (χ1n) is 7.37. The summed E-state index contributed by atoms with van der Waals surface area (Å²) in [7, 11) is 3.11. The first-order valence-corrected chi connectivity index (χ1v) is 7.37. The first-order chi connectivity index (χ1) is 10.2. The molecule has 1 aromatic carbocycles. The summed E-state index contributed by atoms with van der Waals surface area (Å²) in [4.78, 5) is 14.1. The average molecular weight is 292 g/mol. The van der Waals surface area contributed by atoms with Crippen LogP contribution in [0.5, 0.6) is 5.75 Å². The second kappa shape index (κ2) is 7.43. The van der Waals surface area contributed by atoms with Crippen LogP contribution in [0.2, 0.25) is 0 Å². The molecule has 1 fully saturated rings. The standard InChI is InChI=1S/C16H24N2O3/c1-20-15-7-6-12(10-17)9-13(15)11-18-8-4-3-5-14(18)16(19)21-2/h6-7,9,14H,3-5,8,10-11,17H2,1-2H3. The fourth-order valence-corrected chi connectivity index (χ4v) is 2.88. The summed E-state index contributed by atoms with van der Waals surface area (Å²) in [6.07, 6.45) is 3.02. The summed E-state index contributed by atoms with van der Waals surface area (Å²) in [5.74, 6) is 0.685. The number of nitrogens with zero attached hydrogens (tertiary/aromatic N) is 1. The third-order valence-corrected chi connectivity index (χ3v) is 4.04. The summed E-state index contributed by atoms with van der Waals surface area (Å²) in [5, 5.41) is 0. The maximum Gasteiger partial charge on any atom is 0.323 e. The number of likely N-dealkylation sites (tertiary alicyclic amines) is 1. The van der Waals surface area contributed by atoms with Gasteiger partial charge >= 0.3 is 5.97 Å². The van der Waals surface area contributed by atoms with Gasteiger partial charge in [0.15, 0.2) is 0 Å². The van der Waals surface area contributed by atoms with E-state index in [2.05, 4.69) is 11.0 Å². The quantitative estimate of drug-likeness (QED) is 0.837. The fourth-order valence-electron chi connectivity index (χ4n) is 2.88. The molecule has 0 radical (unpaired) electrons. The Morgan fingerprint density at radius 2 is 2.19 bits per heavy atom. The molecule has 0 aliphatic carbocycles. The molecule has 2 rings (SSSR count). The zero-order chi connectivity index (χ0) is 15.2. The molecule has 1 atom stereocenters. The van der Waals surface area contributed by atoms with E-state index in [0.29, 0.717) is 13.1 Å². The minimum atomic E-state index is -0.157. The molecular weight excluding hydrogens is 268 g/mol. The van der Waals surface area contributed by atoms with Gasteiger partial charge < -0.3 is 15.2 Å². The minimum absolute atomic E-state index is 0.149. The lowest BCUT2D eigenvalue weighted by molar-refractivity contribution is -0.148. The van der Waals surface area contributed by atoms with Crippen LogP contribution in [0.3, 0.4) is 0 Å². The summed E-state index contributed by atoms with van der Waals surface area (Å²) >= 11 is 0. The summed E-state index contributed by atoms with van der Waals surface area (Å²) in [6, 6.07) is 5.81. The highest BCUT2D eigenvalue weighted by Gasteiger charge is 2.29. The maximum atomic E-state index is 11.9. The summed E-state index contributed by atoms with van der Waals surface area (Å²) in [5.41, 5.74) is 7.84. The van der Waals surface area contributed by atoms with Crippen molar-refractivity contribution in [3.63, 3.8) is 0 Å². The molecule has 1 aromatic rings. The second-order valence-electron chi connectivity index (χ2n) is 5.36. The number of carbonyl (C=O) groups is 1. The van der Waals surface area contributed by atoms with Gasteiger partial charge in [-0.3, -0.25) is 9.69 Å². The lowest BCUT2D eigenvalue weighted by Gasteiger charge is -2.34. The van der Waals surface area contributed by atoms with E-state index in [1.807, 2.05) is 12.1 Å². The predicted octanol–water partition coefficient (Wildman–Crippen LogP) is 1.68. The van der Waals surface area contributed by atoms with Crippen molar-refractivity contribution in [3.05, 3.63) is 29.3 Å². The van der Waals surface area contributed by atoms with E-state index in [1.54, 1.807) is 7.11 Å². The van der Waals surface area contributed by atoms with Crippen molar-refractivity contribution in [3.8, 4) is 5.75 Å². The topological polar surface area (TPSA) is 64.8 Å². The smallest absolute Gasteiger partial charge is 0.323 e. The van der Waals surface area contributed by atoms with Gasteiger partial charge in [-0.2, -0.15) is 0 Å². The summed E-state index contributed by atoms with van der Waals surface area (Å²) in [6.45, 7) is 2.07. The Kier molecular flexibility index (Phi) is 5.59. The Labute approximate surface area is 126 Å². The highest BCUT2D eigenvalue weighted by molar-refractivity contribution is 5.75. The van der Waals surface area contributed by atoms with E-state index in [-0.39, 0.29) is 12.0 Å². The van der Waals surface area contributed by atoms with E-state index < -0.39 is 0 Å². The van der Waals surface area contributed by atoms with Crippen molar-refractivity contribution in [2.24, 2.45) is 5.73 Å². The number of hydrogen-bond donors (Lipinski definition) is 1. The molecule has 1 saturated heterocycles. The molecule has 2 N–H and O–H groups in total. The zero-order valence-corrected chi connectivity index (χ0v) is 12.8. The van der Waals surface area contributed by atoms with E-state index in [4.69, 9.17) is 15.2 Å². The molecule has 0 aromatic heterocycles. The molecule has 0 spiro atoms. The molecule has 1 aliphatic rings. The first kappa shape index (κ1) is 15.8. The molecule has 1 aliphatic heterocycles. The lowest BCUT2D eigenvalue weighted by Crippen LogP contribution is -2.44. The Bertz CT molecular complexity index is 490. The van der Waals surface area contributed by atoms with Crippen LogP contribution in [-0.4, -0.2) is 37.7 Å². The highest BCUT2D eigenvalue weighted by atomic mass is 16.5. The van der Waals surface area contributed by atoms with Gasteiger partial charge in [0.2, 0.25) is 0 Å². The van der Waals surface area contributed by atoms with Crippen LogP contribution >= 0.6 is 0 Å². The molecule has 1 heterocycles. The normalized spacial score (nSPS) is 19.3. The van der Waals surface area contributed by atoms with Gasteiger partial charge in [-0.25, -0.2) is 0 Å². The largest absolute Gasteiger partial charge is 0.496 e. The number of rotatable bonds is 5. The monoisotopic (exact) mass is 292 g/mol. The van der Waals surface area contributed by atoms with Crippen molar-refractivity contribution in [2.45, 2.75) is 38.4 Å². The van der Waals surface area contributed by atoms with Crippen molar-refractivity contribution in [1.29, 1.82) is 0 Å². The van der Waals surface area contributed by atoms with E-state index in [1.165, 1.54) is 7.11 Å². The van der Waals surface area contributed by atoms with Crippen LogP contribution in [-0.2, 0) is 22.6 Å². The Balaban J connectivity index is 2.20. The SMILES string of the molecule is COC(=O)C1CCCCN1Cc1cc(CN)ccc1OC. The van der Waals surface area contributed by atoms with Crippen molar-refractivity contribution in [2.75, 3.05) is 20.8 Å². The van der Waals surface area contributed by atoms with Gasteiger partial charge in [0.05, 0.1) is 14.2 Å². The molecule has 0 bridgehead atoms. The molecule has 1 unspecified atom stereocenters. The highest BCUT2D eigenvalue weighted by Crippen LogP contribution is 2.26. The number of nitrogens with two attached hydrogens (primary N) is 1. The molecule has 5 heteroatoms. The molecule has 5 nitrogen and oxygen atoms in total. The minimum Gasteiger partial charge on any atom is -0.496 e. The second-order valence-corrected chi connectivity index (χ2v) is 5.36. The van der Waals surface area contributed by atoms with Crippen LogP contribution in [0.25, 0.3) is 0 Å². The van der Waals surface area contributed by atoms with Crippen LogP contribution in [0.4, 0.5) is 0 Å². The third-order valence-electron chi connectivity index (χ3n) is 4.04. The van der Waals surface area contributed by atoms with Crippen molar-refractivity contribution in [1.82, 2.24) is 4.90 Å².